The van der Waals surface area contributed by atoms with E-state index in [1.807, 2.05) is 32.0 Å². The second-order valence-corrected chi connectivity index (χ2v) is 5.30. The number of amides is 1. The molecule has 7 heteroatoms. The second kappa shape index (κ2) is 10.7. The van der Waals surface area contributed by atoms with Gasteiger partial charge in [0.2, 0.25) is 0 Å². The van der Waals surface area contributed by atoms with Crippen molar-refractivity contribution in [1.82, 2.24) is 5.43 Å². The van der Waals surface area contributed by atoms with Gasteiger partial charge in [-0.15, -0.1) is 0 Å². The molecule has 2 aromatic rings. The van der Waals surface area contributed by atoms with Crippen LogP contribution >= 0.6 is 0 Å². The number of rotatable bonds is 10. The van der Waals surface area contributed by atoms with Crippen molar-refractivity contribution in [3.05, 3.63) is 48.0 Å². The fourth-order valence-corrected chi connectivity index (χ4v) is 2.24. The second-order valence-electron chi connectivity index (χ2n) is 5.30. The molecule has 0 saturated heterocycles. The molecule has 144 valence electrons. The van der Waals surface area contributed by atoms with E-state index in [1.54, 1.807) is 31.4 Å². The Morgan fingerprint density at radius 1 is 0.963 bits per heavy atom. The van der Waals surface area contributed by atoms with E-state index in [1.165, 1.54) is 6.21 Å². The number of carbonyl (C=O) groups is 1. The van der Waals surface area contributed by atoms with Gasteiger partial charge in [-0.2, -0.15) is 5.10 Å². The number of methoxy groups -OCH3 is 1. The monoisotopic (exact) mass is 372 g/mol. The van der Waals surface area contributed by atoms with Gasteiger partial charge in [0.15, 0.2) is 29.6 Å². The fourth-order valence-electron chi connectivity index (χ4n) is 2.24. The number of benzene rings is 2. The van der Waals surface area contributed by atoms with Gasteiger partial charge < -0.3 is 18.9 Å². The van der Waals surface area contributed by atoms with E-state index in [0.717, 1.165) is 5.56 Å². The highest BCUT2D eigenvalue weighted by molar-refractivity contribution is 5.83. The van der Waals surface area contributed by atoms with Gasteiger partial charge in [-0.25, -0.2) is 5.43 Å². The molecule has 27 heavy (non-hydrogen) atoms. The van der Waals surface area contributed by atoms with Crippen LogP contribution in [0, 0.1) is 0 Å². The molecule has 0 heterocycles. The number of nitrogens with zero attached hydrogens (tertiary/aromatic N) is 1. The molecule has 1 N–H and O–H groups in total. The van der Waals surface area contributed by atoms with E-state index in [-0.39, 0.29) is 12.5 Å². The van der Waals surface area contributed by atoms with Crippen molar-refractivity contribution in [2.45, 2.75) is 13.8 Å². The maximum absolute atomic E-state index is 11.9. The summed E-state index contributed by atoms with van der Waals surface area (Å²) < 4.78 is 21.7. The number of ether oxygens (including phenoxy) is 4. The average Bonchev–Trinajstić information content (AvgIpc) is 2.68. The molecule has 0 saturated carbocycles. The summed E-state index contributed by atoms with van der Waals surface area (Å²) in [4.78, 5) is 11.9. The summed E-state index contributed by atoms with van der Waals surface area (Å²) in [5, 5.41) is 3.93. The number of hydrogen-bond donors (Lipinski definition) is 1. The minimum atomic E-state index is -0.379. The minimum Gasteiger partial charge on any atom is -0.493 e. The zero-order chi connectivity index (χ0) is 19.5. The normalized spacial score (nSPS) is 10.5. The topological polar surface area (TPSA) is 78.4 Å². The fraction of sp³-hybridized carbons (Fsp3) is 0.300. The van der Waals surface area contributed by atoms with Crippen molar-refractivity contribution in [3.63, 3.8) is 0 Å². The molecule has 0 fully saturated rings. The molecule has 0 spiro atoms. The summed E-state index contributed by atoms with van der Waals surface area (Å²) in [6.45, 7) is 4.68. The Balaban J connectivity index is 1.88. The van der Waals surface area contributed by atoms with Crippen LogP contribution in [-0.2, 0) is 4.79 Å². The lowest BCUT2D eigenvalue weighted by molar-refractivity contribution is -0.123. The lowest BCUT2D eigenvalue weighted by Crippen LogP contribution is -2.24. The largest absolute Gasteiger partial charge is 0.493 e. The molecule has 0 aromatic heterocycles. The van der Waals surface area contributed by atoms with Crippen LogP contribution in [0.2, 0.25) is 0 Å². The van der Waals surface area contributed by atoms with Crippen molar-refractivity contribution in [2.24, 2.45) is 5.10 Å². The zero-order valence-electron chi connectivity index (χ0n) is 15.7. The quantitative estimate of drug-likeness (QED) is 0.512. The molecule has 0 aliphatic heterocycles. The summed E-state index contributed by atoms with van der Waals surface area (Å²) in [5.74, 6) is 1.98. The highest BCUT2D eigenvalue weighted by Gasteiger charge is 2.07. The van der Waals surface area contributed by atoms with Gasteiger partial charge in [-0.1, -0.05) is 12.1 Å². The van der Waals surface area contributed by atoms with Crippen LogP contribution in [0.25, 0.3) is 0 Å². The summed E-state index contributed by atoms with van der Waals surface area (Å²) in [6, 6.07) is 12.6. The minimum absolute atomic E-state index is 0.173. The molecule has 0 radical (unpaired) electrons. The van der Waals surface area contributed by atoms with Crippen LogP contribution < -0.4 is 24.4 Å². The summed E-state index contributed by atoms with van der Waals surface area (Å²) in [5.41, 5.74) is 3.18. The van der Waals surface area contributed by atoms with Crippen LogP contribution in [0.4, 0.5) is 0 Å². The van der Waals surface area contributed by atoms with Gasteiger partial charge in [0.05, 0.1) is 26.5 Å². The predicted molar refractivity (Wildman–Crippen MR) is 103 cm³/mol. The maximum atomic E-state index is 11.9. The third-order valence-corrected chi connectivity index (χ3v) is 3.40. The molecule has 1 amide bonds. The summed E-state index contributed by atoms with van der Waals surface area (Å²) in [7, 11) is 1.57. The number of para-hydroxylation sites is 2. The van der Waals surface area contributed by atoms with Crippen LogP contribution in [0.15, 0.2) is 47.6 Å². The molecular formula is C20H24N2O5. The Morgan fingerprint density at radius 2 is 1.59 bits per heavy atom. The Bertz CT molecular complexity index is 777. The van der Waals surface area contributed by atoms with Gasteiger partial charge in [-0.3, -0.25) is 4.79 Å². The molecule has 0 aliphatic rings. The Kier molecular flexibility index (Phi) is 7.96. The maximum Gasteiger partial charge on any atom is 0.277 e. The number of hydrogen-bond acceptors (Lipinski definition) is 6. The smallest absolute Gasteiger partial charge is 0.277 e. The van der Waals surface area contributed by atoms with Crippen LogP contribution in [0.3, 0.4) is 0 Å². The van der Waals surface area contributed by atoms with Crippen molar-refractivity contribution < 1.29 is 23.7 Å². The van der Waals surface area contributed by atoms with E-state index >= 15 is 0 Å². The number of hydrazone groups is 1. The zero-order valence-corrected chi connectivity index (χ0v) is 15.7. The molecule has 2 rings (SSSR count). The molecule has 0 unspecified atom stereocenters. The highest BCUT2D eigenvalue weighted by Crippen LogP contribution is 2.27. The molecule has 0 atom stereocenters. The SMILES string of the molecule is CCOc1ccc(/C=N\NC(=O)COc2ccccc2OCC)cc1OC. The van der Waals surface area contributed by atoms with Gasteiger partial charge in [0.1, 0.15) is 0 Å². The molecule has 2 aromatic carbocycles. The lowest BCUT2D eigenvalue weighted by atomic mass is 10.2. The lowest BCUT2D eigenvalue weighted by Gasteiger charge is -2.10. The van der Waals surface area contributed by atoms with Crippen LogP contribution in [0.5, 0.6) is 23.0 Å². The third-order valence-electron chi connectivity index (χ3n) is 3.40. The van der Waals surface area contributed by atoms with E-state index in [2.05, 4.69) is 10.5 Å². The third kappa shape index (κ3) is 6.22. The van der Waals surface area contributed by atoms with Gasteiger partial charge in [0, 0.05) is 0 Å². The van der Waals surface area contributed by atoms with Gasteiger partial charge >= 0.3 is 0 Å². The first-order valence-corrected chi connectivity index (χ1v) is 8.65. The Labute approximate surface area is 158 Å². The standard InChI is InChI=1S/C20H24N2O5/c1-4-25-16-8-6-7-9-17(16)27-14-20(23)22-21-13-15-10-11-18(26-5-2)19(12-15)24-3/h6-13H,4-5,14H2,1-3H3,(H,22,23)/b21-13-. The van der Waals surface area contributed by atoms with Crippen molar-refractivity contribution in [2.75, 3.05) is 26.9 Å². The Hall–Kier alpha value is -3.22. The van der Waals surface area contributed by atoms with E-state index in [9.17, 15) is 4.79 Å². The van der Waals surface area contributed by atoms with E-state index in [4.69, 9.17) is 18.9 Å². The van der Waals surface area contributed by atoms with E-state index in [0.29, 0.717) is 36.2 Å². The van der Waals surface area contributed by atoms with Gasteiger partial charge in [0.25, 0.3) is 5.91 Å². The van der Waals surface area contributed by atoms with E-state index < -0.39 is 0 Å². The van der Waals surface area contributed by atoms with Gasteiger partial charge in [-0.05, 0) is 49.7 Å². The summed E-state index contributed by atoms with van der Waals surface area (Å²) in [6.07, 6.45) is 1.52. The van der Waals surface area contributed by atoms with Crippen molar-refractivity contribution in [1.29, 1.82) is 0 Å². The highest BCUT2D eigenvalue weighted by atomic mass is 16.5. The van der Waals surface area contributed by atoms with Crippen LogP contribution in [0.1, 0.15) is 19.4 Å². The predicted octanol–water partition coefficient (Wildman–Crippen LogP) is 3.02. The molecule has 0 aliphatic carbocycles. The number of nitrogens with one attached hydrogen (secondary N) is 1. The first-order valence-electron chi connectivity index (χ1n) is 8.65. The van der Waals surface area contributed by atoms with Crippen molar-refractivity contribution >= 4 is 12.1 Å². The molecule has 7 nitrogen and oxygen atoms in total. The summed E-state index contributed by atoms with van der Waals surface area (Å²) >= 11 is 0. The van der Waals surface area contributed by atoms with Crippen LogP contribution in [-0.4, -0.2) is 39.1 Å². The first kappa shape index (κ1) is 20.1. The van der Waals surface area contributed by atoms with Crippen molar-refractivity contribution in [3.8, 4) is 23.0 Å². The Morgan fingerprint density at radius 3 is 2.22 bits per heavy atom. The molecule has 0 bridgehead atoms. The molecular weight excluding hydrogens is 348 g/mol. The number of carbonyl (C=O) groups excluding carboxylic acids is 1. The first-order chi connectivity index (χ1) is 13.2. The average molecular weight is 372 g/mol.